The van der Waals surface area contributed by atoms with Crippen LogP contribution in [-0.4, -0.2) is 77.3 Å². The standard InChI is InChI=1S/C28H31ClF3N5O3/c1-27(2,28(30,31)32)40-26(39)35(3)23-17-36(16-21(23)19-8-10-20(29)11-9-19)25(38)22-6-4-5-13-37(22)24-12-7-18(14-33)15-34-24/h7-12,15,21-23H,4-6,13,16-17H2,1-3H3/t21-,22?,23+/m0/s1. The Bertz CT molecular complexity index is 1260. The summed E-state index contributed by atoms with van der Waals surface area (Å²) in [5, 5.41) is 9.62. The Hall–Kier alpha value is -3.52. The highest BCUT2D eigenvalue weighted by Gasteiger charge is 2.52. The van der Waals surface area contributed by atoms with Gasteiger partial charge in [0.25, 0.3) is 0 Å². The van der Waals surface area contributed by atoms with Gasteiger partial charge in [-0.15, -0.1) is 0 Å². The molecule has 2 aliphatic rings. The molecule has 8 nitrogen and oxygen atoms in total. The van der Waals surface area contributed by atoms with Crippen LogP contribution >= 0.6 is 11.6 Å². The van der Waals surface area contributed by atoms with Crippen molar-refractivity contribution >= 4 is 29.4 Å². The summed E-state index contributed by atoms with van der Waals surface area (Å²) >= 11 is 6.07. The van der Waals surface area contributed by atoms with Crippen molar-refractivity contribution < 1.29 is 27.5 Å². The maximum absolute atomic E-state index is 13.9. The zero-order chi connectivity index (χ0) is 29.2. The van der Waals surface area contributed by atoms with Gasteiger partial charge < -0.3 is 19.4 Å². The van der Waals surface area contributed by atoms with E-state index in [-0.39, 0.29) is 24.9 Å². The van der Waals surface area contributed by atoms with E-state index in [0.29, 0.717) is 29.4 Å². The predicted octanol–water partition coefficient (Wildman–Crippen LogP) is 5.37. The predicted molar refractivity (Wildman–Crippen MR) is 143 cm³/mol. The minimum Gasteiger partial charge on any atom is -0.434 e. The molecule has 214 valence electrons. The average Bonchev–Trinajstić information content (AvgIpc) is 3.37. The molecule has 2 aliphatic heterocycles. The van der Waals surface area contributed by atoms with Crippen molar-refractivity contribution in [2.45, 2.75) is 62.9 Å². The minimum atomic E-state index is -4.75. The third-order valence-electron chi connectivity index (χ3n) is 7.67. The number of benzene rings is 1. The monoisotopic (exact) mass is 577 g/mol. The zero-order valence-electron chi connectivity index (χ0n) is 22.5. The Balaban J connectivity index is 1.59. The van der Waals surface area contributed by atoms with E-state index in [0.717, 1.165) is 37.2 Å². The number of aromatic nitrogens is 1. The number of likely N-dealkylation sites (N-methyl/N-ethyl adjacent to an activating group) is 1. The minimum absolute atomic E-state index is 0.120. The molecule has 0 saturated carbocycles. The molecule has 40 heavy (non-hydrogen) atoms. The molecule has 3 heterocycles. The second kappa shape index (κ2) is 11.5. The van der Waals surface area contributed by atoms with Crippen molar-refractivity contribution in [2.75, 3.05) is 31.6 Å². The van der Waals surface area contributed by atoms with E-state index >= 15 is 0 Å². The largest absolute Gasteiger partial charge is 0.434 e. The smallest absolute Gasteiger partial charge is 0.427 e. The van der Waals surface area contributed by atoms with Gasteiger partial charge in [-0.2, -0.15) is 18.4 Å². The first-order valence-corrected chi connectivity index (χ1v) is 13.4. The Morgan fingerprint density at radius 1 is 1.12 bits per heavy atom. The maximum atomic E-state index is 13.9. The molecular weight excluding hydrogens is 547 g/mol. The molecule has 2 saturated heterocycles. The van der Waals surface area contributed by atoms with E-state index in [1.807, 2.05) is 11.0 Å². The lowest BCUT2D eigenvalue weighted by Crippen LogP contribution is -2.52. The summed E-state index contributed by atoms with van der Waals surface area (Å²) in [4.78, 5) is 36.0. The highest BCUT2D eigenvalue weighted by molar-refractivity contribution is 6.30. The molecule has 4 rings (SSSR count). The van der Waals surface area contributed by atoms with Crippen LogP contribution in [0.1, 0.15) is 50.2 Å². The van der Waals surface area contributed by atoms with Crippen LogP contribution in [0.5, 0.6) is 0 Å². The van der Waals surface area contributed by atoms with Crippen molar-refractivity contribution in [2.24, 2.45) is 0 Å². The number of anilines is 1. The molecule has 0 aliphatic carbocycles. The van der Waals surface area contributed by atoms with Crippen LogP contribution in [-0.2, 0) is 9.53 Å². The van der Waals surface area contributed by atoms with Gasteiger partial charge in [-0.05, 0) is 62.9 Å². The Kier molecular flexibility index (Phi) is 8.49. The van der Waals surface area contributed by atoms with Gasteiger partial charge in [0.15, 0.2) is 0 Å². The van der Waals surface area contributed by atoms with E-state index in [9.17, 15) is 22.8 Å². The highest BCUT2D eigenvalue weighted by atomic mass is 35.5. The molecule has 3 atom stereocenters. The number of nitriles is 1. The van der Waals surface area contributed by atoms with Gasteiger partial charge in [-0.1, -0.05) is 23.7 Å². The number of hydrogen-bond acceptors (Lipinski definition) is 6. The van der Waals surface area contributed by atoms with Gasteiger partial charge in [0, 0.05) is 43.8 Å². The summed E-state index contributed by atoms with van der Waals surface area (Å²) in [7, 11) is 1.39. The number of amides is 2. The van der Waals surface area contributed by atoms with Crippen LogP contribution in [0.2, 0.25) is 5.02 Å². The first-order chi connectivity index (χ1) is 18.8. The van der Waals surface area contributed by atoms with Crippen LogP contribution in [0.4, 0.5) is 23.8 Å². The summed E-state index contributed by atoms with van der Waals surface area (Å²) in [6, 6.07) is 11.3. The Morgan fingerprint density at radius 2 is 1.82 bits per heavy atom. The number of carbonyl (C=O) groups is 2. The molecule has 1 unspecified atom stereocenters. The average molecular weight is 578 g/mol. The van der Waals surface area contributed by atoms with Crippen LogP contribution in [0.15, 0.2) is 42.6 Å². The molecule has 2 amide bonds. The first kappa shape index (κ1) is 29.5. The van der Waals surface area contributed by atoms with Gasteiger partial charge in [-0.25, -0.2) is 9.78 Å². The fourth-order valence-corrected chi connectivity index (χ4v) is 5.30. The lowest BCUT2D eigenvalue weighted by atomic mass is 9.93. The van der Waals surface area contributed by atoms with E-state index in [4.69, 9.17) is 21.6 Å². The van der Waals surface area contributed by atoms with Gasteiger partial charge in [0.2, 0.25) is 11.5 Å². The second-order valence-electron chi connectivity index (χ2n) is 10.7. The van der Waals surface area contributed by atoms with Crippen LogP contribution in [0, 0.1) is 11.3 Å². The van der Waals surface area contributed by atoms with E-state index < -0.39 is 30.0 Å². The van der Waals surface area contributed by atoms with Gasteiger partial charge in [-0.3, -0.25) is 4.79 Å². The molecule has 2 aromatic rings. The number of rotatable bonds is 5. The summed E-state index contributed by atoms with van der Waals surface area (Å²) in [5.74, 6) is 0.0691. The number of carbonyl (C=O) groups excluding carboxylic acids is 2. The number of pyridine rings is 1. The number of halogens is 4. The summed E-state index contributed by atoms with van der Waals surface area (Å²) < 4.78 is 45.1. The molecule has 2 fully saturated rings. The molecular formula is C28H31ClF3N5O3. The lowest BCUT2D eigenvalue weighted by Gasteiger charge is -2.37. The molecule has 0 N–H and O–H groups in total. The number of piperidine rings is 1. The molecule has 0 bridgehead atoms. The highest BCUT2D eigenvalue weighted by Crippen LogP contribution is 2.36. The van der Waals surface area contributed by atoms with E-state index in [2.05, 4.69) is 4.98 Å². The third kappa shape index (κ3) is 6.12. The van der Waals surface area contributed by atoms with Crippen molar-refractivity contribution in [1.82, 2.24) is 14.8 Å². The molecule has 12 heteroatoms. The fraction of sp³-hybridized carbons (Fsp3) is 0.500. The number of ether oxygens (including phenoxy) is 1. The van der Waals surface area contributed by atoms with Crippen molar-refractivity contribution in [3.05, 3.63) is 58.7 Å². The first-order valence-electron chi connectivity index (χ1n) is 13.0. The maximum Gasteiger partial charge on any atom is 0.427 e. The third-order valence-corrected chi connectivity index (χ3v) is 7.92. The number of alkyl halides is 3. The number of hydrogen-bond donors (Lipinski definition) is 0. The van der Waals surface area contributed by atoms with Gasteiger partial charge in [0.05, 0.1) is 11.6 Å². The second-order valence-corrected chi connectivity index (χ2v) is 11.1. The van der Waals surface area contributed by atoms with E-state index in [1.165, 1.54) is 13.2 Å². The van der Waals surface area contributed by atoms with Crippen molar-refractivity contribution in [3.63, 3.8) is 0 Å². The SMILES string of the molecule is CN(C(=O)OC(C)(C)C(F)(F)F)[C@@H]1CN(C(=O)C2CCCCN2c2ccc(C#N)cn2)C[C@H]1c1ccc(Cl)cc1. The topological polar surface area (TPSA) is 89.8 Å². The van der Waals surface area contributed by atoms with Crippen LogP contribution in [0.3, 0.4) is 0 Å². The molecule has 1 aromatic carbocycles. The fourth-order valence-electron chi connectivity index (χ4n) is 5.18. The van der Waals surface area contributed by atoms with Crippen LogP contribution < -0.4 is 4.90 Å². The van der Waals surface area contributed by atoms with Gasteiger partial charge >= 0.3 is 12.3 Å². The zero-order valence-corrected chi connectivity index (χ0v) is 23.2. The van der Waals surface area contributed by atoms with Gasteiger partial charge in [0.1, 0.15) is 17.9 Å². The molecule has 0 radical (unpaired) electrons. The lowest BCUT2D eigenvalue weighted by molar-refractivity contribution is -0.246. The van der Waals surface area contributed by atoms with E-state index in [1.54, 1.807) is 41.3 Å². The molecule has 1 aromatic heterocycles. The summed E-state index contributed by atoms with van der Waals surface area (Å²) in [6.07, 6.45) is -2.07. The van der Waals surface area contributed by atoms with Crippen molar-refractivity contribution in [1.29, 1.82) is 5.26 Å². The molecule has 0 spiro atoms. The normalized spacial score (nSPS) is 21.6. The summed E-state index contributed by atoms with van der Waals surface area (Å²) in [6.45, 7) is 2.60. The number of nitrogens with zero attached hydrogens (tertiary/aromatic N) is 5. The van der Waals surface area contributed by atoms with Crippen LogP contribution in [0.25, 0.3) is 0 Å². The quantitative estimate of drug-likeness (QED) is 0.475. The summed E-state index contributed by atoms with van der Waals surface area (Å²) in [5.41, 5.74) is -1.46. The Morgan fingerprint density at radius 3 is 2.42 bits per heavy atom. The Labute approximate surface area is 236 Å². The van der Waals surface area contributed by atoms with Crippen molar-refractivity contribution in [3.8, 4) is 6.07 Å². The number of likely N-dealkylation sites (tertiary alicyclic amines) is 1.